The third-order valence-corrected chi connectivity index (χ3v) is 8.79. The molecule has 6 rings (SSSR count). The quantitative estimate of drug-likeness (QED) is 0.163. The Morgan fingerprint density at radius 1 is 0.348 bits per heavy atom. The van der Waals surface area contributed by atoms with Crippen LogP contribution in [0.25, 0.3) is 11.1 Å². The van der Waals surface area contributed by atoms with Gasteiger partial charge in [0.15, 0.2) is 0 Å². The van der Waals surface area contributed by atoms with Crippen LogP contribution < -0.4 is 9.80 Å². The molecule has 0 saturated carbocycles. The average Bonchev–Trinajstić information content (AvgIpc) is 3.05. The van der Waals surface area contributed by atoms with Gasteiger partial charge in [0.2, 0.25) is 0 Å². The molecule has 0 unspecified atom stereocenters. The van der Waals surface area contributed by atoms with Crippen molar-refractivity contribution in [3.05, 3.63) is 167 Å². The standard InChI is InChI=1S/C44H44N2/c1-7-35-29-41(45(37-17-9-13-31(3)25-37)38-18-10-14-32(4)26-38)21-23-43(35)44-24-22-42(30-36(44)8-2)46(39-19-11-15-33(5)27-39)40-20-12-16-34(6)28-40/h9-30H,7-8H2,1-6H3. The molecule has 0 heterocycles. The minimum absolute atomic E-state index is 0.947. The molecule has 0 atom stereocenters. The normalized spacial score (nSPS) is 11.0. The Balaban J connectivity index is 1.45. The summed E-state index contributed by atoms with van der Waals surface area (Å²) in [6, 6.07) is 49.1. The summed E-state index contributed by atoms with van der Waals surface area (Å²) in [5.74, 6) is 0. The molecule has 0 bridgehead atoms. The van der Waals surface area contributed by atoms with Crippen molar-refractivity contribution >= 4 is 34.1 Å². The molecule has 2 heteroatoms. The monoisotopic (exact) mass is 600 g/mol. The largest absolute Gasteiger partial charge is 0.310 e. The van der Waals surface area contributed by atoms with Gasteiger partial charge in [0.1, 0.15) is 0 Å². The molecule has 0 aromatic heterocycles. The first-order chi connectivity index (χ1) is 22.3. The molecular formula is C44H44N2. The molecule has 0 aliphatic rings. The van der Waals surface area contributed by atoms with Crippen molar-refractivity contribution in [3.8, 4) is 11.1 Å². The molecule has 0 N–H and O–H groups in total. The molecule has 0 fully saturated rings. The van der Waals surface area contributed by atoms with E-state index in [1.807, 2.05) is 0 Å². The second-order valence-electron chi connectivity index (χ2n) is 12.4. The van der Waals surface area contributed by atoms with Gasteiger partial charge < -0.3 is 9.80 Å². The fourth-order valence-electron chi connectivity index (χ4n) is 6.51. The Labute approximate surface area is 275 Å². The van der Waals surface area contributed by atoms with E-state index in [1.54, 1.807) is 0 Å². The van der Waals surface area contributed by atoms with Crippen LogP contribution in [-0.4, -0.2) is 0 Å². The van der Waals surface area contributed by atoms with Crippen LogP contribution in [0.3, 0.4) is 0 Å². The van der Waals surface area contributed by atoms with Crippen LogP contribution in [0, 0.1) is 27.7 Å². The average molecular weight is 601 g/mol. The topological polar surface area (TPSA) is 6.48 Å². The van der Waals surface area contributed by atoms with E-state index in [0.717, 1.165) is 12.8 Å². The summed E-state index contributed by atoms with van der Waals surface area (Å²) in [7, 11) is 0. The Morgan fingerprint density at radius 2 is 0.630 bits per heavy atom. The van der Waals surface area contributed by atoms with Gasteiger partial charge >= 0.3 is 0 Å². The van der Waals surface area contributed by atoms with Gasteiger partial charge in [-0.2, -0.15) is 0 Å². The summed E-state index contributed by atoms with van der Waals surface area (Å²) in [5, 5.41) is 0. The maximum absolute atomic E-state index is 2.39. The van der Waals surface area contributed by atoms with Gasteiger partial charge in [-0.05, 0) is 158 Å². The van der Waals surface area contributed by atoms with Crippen molar-refractivity contribution in [2.75, 3.05) is 9.80 Å². The number of aryl methyl sites for hydroxylation is 6. The second kappa shape index (κ2) is 13.5. The van der Waals surface area contributed by atoms with Crippen LogP contribution in [0.2, 0.25) is 0 Å². The Morgan fingerprint density at radius 3 is 0.891 bits per heavy atom. The molecule has 6 aromatic rings. The number of anilines is 6. The van der Waals surface area contributed by atoms with Crippen molar-refractivity contribution in [1.82, 2.24) is 0 Å². The summed E-state index contributed by atoms with van der Waals surface area (Å²) in [6.45, 7) is 13.2. The number of rotatable bonds is 9. The highest BCUT2D eigenvalue weighted by atomic mass is 15.1. The lowest BCUT2D eigenvalue weighted by atomic mass is 9.92. The van der Waals surface area contributed by atoms with Gasteiger partial charge in [0, 0.05) is 34.1 Å². The minimum atomic E-state index is 0.947. The first-order valence-corrected chi connectivity index (χ1v) is 16.5. The van der Waals surface area contributed by atoms with Crippen LogP contribution in [0.15, 0.2) is 133 Å². The van der Waals surface area contributed by atoms with Crippen molar-refractivity contribution in [1.29, 1.82) is 0 Å². The molecule has 230 valence electrons. The molecule has 0 amide bonds. The molecule has 46 heavy (non-hydrogen) atoms. The molecule has 0 saturated heterocycles. The van der Waals surface area contributed by atoms with E-state index < -0.39 is 0 Å². The van der Waals surface area contributed by atoms with Crippen molar-refractivity contribution in [2.24, 2.45) is 0 Å². The molecule has 0 aliphatic heterocycles. The van der Waals surface area contributed by atoms with Crippen molar-refractivity contribution < 1.29 is 0 Å². The van der Waals surface area contributed by atoms with Gasteiger partial charge in [-0.25, -0.2) is 0 Å². The van der Waals surface area contributed by atoms with Crippen molar-refractivity contribution in [3.63, 3.8) is 0 Å². The van der Waals surface area contributed by atoms with E-state index in [-0.39, 0.29) is 0 Å². The molecule has 0 spiro atoms. The van der Waals surface area contributed by atoms with Crippen LogP contribution in [-0.2, 0) is 12.8 Å². The first-order valence-electron chi connectivity index (χ1n) is 16.5. The van der Waals surface area contributed by atoms with E-state index >= 15 is 0 Å². The summed E-state index contributed by atoms with van der Waals surface area (Å²) in [5.41, 5.74) is 17.4. The summed E-state index contributed by atoms with van der Waals surface area (Å²) in [4.78, 5) is 4.77. The highest BCUT2D eigenvalue weighted by Crippen LogP contribution is 2.41. The fraction of sp³-hybridized carbons (Fsp3) is 0.182. The van der Waals surface area contributed by atoms with E-state index in [2.05, 4.69) is 185 Å². The number of nitrogens with zero attached hydrogens (tertiary/aromatic N) is 2. The van der Waals surface area contributed by atoms with Gasteiger partial charge in [-0.1, -0.05) is 74.5 Å². The molecule has 0 aliphatic carbocycles. The molecule has 6 aromatic carbocycles. The third kappa shape index (κ3) is 6.48. The number of benzene rings is 6. The predicted molar refractivity (Wildman–Crippen MR) is 199 cm³/mol. The Bertz CT molecular complexity index is 1750. The van der Waals surface area contributed by atoms with Gasteiger partial charge in [-0.15, -0.1) is 0 Å². The van der Waals surface area contributed by atoms with E-state index in [4.69, 9.17) is 0 Å². The maximum Gasteiger partial charge on any atom is 0.0464 e. The highest BCUT2D eigenvalue weighted by Gasteiger charge is 2.18. The molecular weight excluding hydrogens is 556 g/mol. The van der Waals surface area contributed by atoms with Crippen LogP contribution in [0.1, 0.15) is 47.2 Å². The molecule has 2 nitrogen and oxygen atoms in total. The lowest BCUT2D eigenvalue weighted by molar-refractivity contribution is 1.11. The van der Waals surface area contributed by atoms with Crippen LogP contribution in [0.4, 0.5) is 34.1 Å². The van der Waals surface area contributed by atoms with E-state index in [1.165, 1.54) is 78.6 Å². The van der Waals surface area contributed by atoms with Crippen LogP contribution >= 0.6 is 0 Å². The first kappa shape index (κ1) is 30.9. The minimum Gasteiger partial charge on any atom is -0.310 e. The van der Waals surface area contributed by atoms with Gasteiger partial charge in [0.25, 0.3) is 0 Å². The van der Waals surface area contributed by atoms with Gasteiger partial charge in [0.05, 0.1) is 0 Å². The zero-order valence-corrected chi connectivity index (χ0v) is 28.0. The third-order valence-electron chi connectivity index (χ3n) is 8.79. The lowest BCUT2D eigenvalue weighted by Gasteiger charge is -2.28. The summed E-state index contributed by atoms with van der Waals surface area (Å²) in [6.07, 6.45) is 1.89. The fourth-order valence-corrected chi connectivity index (χ4v) is 6.51. The van der Waals surface area contributed by atoms with Crippen molar-refractivity contribution in [2.45, 2.75) is 54.4 Å². The summed E-state index contributed by atoms with van der Waals surface area (Å²) < 4.78 is 0. The Hall–Kier alpha value is -5.08. The Kier molecular flexibility index (Phi) is 9.08. The zero-order chi connectivity index (χ0) is 32.2. The lowest BCUT2D eigenvalue weighted by Crippen LogP contribution is -2.11. The van der Waals surface area contributed by atoms with E-state index in [9.17, 15) is 0 Å². The second-order valence-corrected chi connectivity index (χ2v) is 12.4. The van der Waals surface area contributed by atoms with Gasteiger partial charge in [-0.3, -0.25) is 0 Å². The summed E-state index contributed by atoms with van der Waals surface area (Å²) >= 11 is 0. The van der Waals surface area contributed by atoms with E-state index in [0.29, 0.717) is 0 Å². The number of hydrogen-bond donors (Lipinski definition) is 0. The smallest absolute Gasteiger partial charge is 0.0464 e. The highest BCUT2D eigenvalue weighted by molar-refractivity contribution is 5.83. The SMILES string of the molecule is CCc1cc(N(c2cccc(C)c2)c2cccc(C)c2)ccc1-c1ccc(N(c2cccc(C)c2)c2cccc(C)c2)cc1CC. The van der Waals surface area contributed by atoms with Crippen LogP contribution in [0.5, 0.6) is 0 Å². The molecule has 0 radical (unpaired) electrons. The number of hydrogen-bond acceptors (Lipinski definition) is 2. The predicted octanol–water partition coefficient (Wildman–Crippen LogP) is 12.7. The zero-order valence-electron chi connectivity index (χ0n) is 28.0. The maximum atomic E-state index is 2.39.